The maximum Gasteiger partial charge on any atom is 0.329 e. The number of benzene rings is 1. The summed E-state index contributed by atoms with van der Waals surface area (Å²) in [5.74, 6) is -1.21. The first kappa shape index (κ1) is 15.2. The second kappa shape index (κ2) is 7.53. The van der Waals surface area contributed by atoms with E-state index in [9.17, 15) is 9.59 Å². The molecule has 102 valence electrons. The first-order chi connectivity index (χ1) is 8.99. The van der Waals surface area contributed by atoms with Gasteiger partial charge in [-0.3, -0.25) is 9.59 Å². The Bertz CT molecular complexity index is 487. The van der Waals surface area contributed by atoms with Crippen LogP contribution >= 0.6 is 11.6 Å². The van der Waals surface area contributed by atoms with Crippen molar-refractivity contribution < 1.29 is 9.59 Å². The van der Waals surface area contributed by atoms with Crippen LogP contribution < -0.4 is 10.7 Å². The van der Waals surface area contributed by atoms with E-state index in [1.807, 2.05) is 13.8 Å². The molecule has 0 aliphatic heterocycles. The number of amides is 2. The highest BCUT2D eigenvalue weighted by molar-refractivity contribution is 6.35. The molecule has 0 heterocycles. The molecule has 6 heteroatoms. The molecule has 0 bridgehead atoms. The lowest BCUT2D eigenvalue weighted by Crippen LogP contribution is -2.39. The van der Waals surface area contributed by atoms with E-state index in [0.717, 1.165) is 5.56 Å². The molecule has 0 saturated heterocycles. The van der Waals surface area contributed by atoms with Crippen LogP contribution in [0.5, 0.6) is 0 Å². The molecule has 0 saturated carbocycles. The largest absolute Gasteiger partial charge is 0.348 e. The van der Waals surface area contributed by atoms with Gasteiger partial charge in [0, 0.05) is 11.6 Å². The summed E-state index contributed by atoms with van der Waals surface area (Å²) in [4.78, 5) is 22.7. The lowest BCUT2D eigenvalue weighted by Gasteiger charge is -2.05. The number of carbonyl (C=O) groups excluding carboxylic acids is 2. The number of halogens is 1. The number of rotatable bonds is 4. The Morgan fingerprint density at radius 2 is 2.11 bits per heavy atom. The molecule has 19 heavy (non-hydrogen) atoms. The molecule has 0 aliphatic carbocycles. The number of hydrazone groups is 1. The van der Waals surface area contributed by atoms with Crippen LogP contribution in [0.3, 0.4) is 0 Å². The number of nitrogens with zero attached hydrogens (tertiary/aromatic N) is 1. The molecule has 1 aromatic carbocycles. The van der Waals surface area contributed by atoms with Crippen molar-refractivity contribution in [3.8, 4) is 0 Å². The van der Waals surface area contributed by atoms with Gasteiger partial charge in [0.25, 0.3) is 0 Å². The summed E-state index contributed by atoms with van der Waals surface area (Å²) in [6, 6.07) is 6.97. The van der Waals surface area contributed by atoms with Crippen LogP contribution in [0.4, 0.5) is 0 Å². The Morgan fingerprint density at radius 1 is 1.37 bits per heavy atom. The van der Waals surface area contributed by atoms with Crippen molar-refractivity contribution in [1.29, 1.82) is 0 Å². The molecular weight excluding hydrogens is 266 g/mol. The van der Waals surface area contributed by atoms with Crippen LogP contribution in [0.1, 0.15) is 19.4 Å². The molecule has 0 atom stereocenters. The van der Waals surface area contributed by atoms with Crippen molar-refractivity contribution in [3.05, 3.63) is 34.9 Å². The normalized spacial score (nSPS) is 10.7. The minimum Gasteiger partial charge on any atom is -0.348 e. The van der Waals surface area contributed by atoms with Gasteiger partial charge in [-0.05, 0) is 23.6 Å². The molecule has 0 spiro atoms. The lowest BCUT2D eigenvalue weighted by atomic mass is 10.2. The van der Waals surface area contributed by atoms with Gasteiger partial charge in [0.2, 0.25) is 0 Å². The highest BCUT2D eigenvalue weighted by atomic mass is 35.5. The molecule has 0 fully saturated rings. The summed E-state index contributed by atoms with van der Waals surface area (Å²) >= 11 is 5.79. The van der Waals surface area contributed by atoms with Gasteiger partial charge in [-0.25, -0.2) is 5.43 Å². The molecule has 2 N–H and O–H groups in total. The van der Waals surface area contributed by atoms with Crippen LogP contribution in [-0.2, 0) is 9.59 Å². The summed E-state index contributed by atoms with van der Waals surface area (Å²) in [6.07, 6.45) is 1.42. The second-order valence-electron chi connectivity index (χ2n) is 4.36. The van der Waals surface area contributed by atoms with Gasteiger partial charge < -0.3 is 5.32 Å². The lowest BCUT2D eigenvalue weighted by molar-refractivity contribution is -0.139. The van der Waals surface area contributed by atoms with E-state index < -0.39 is 11.8 Å². The number of hydrogen-bond acceptors (Lipinski definition) is 3. The molecule has 1 aromatic rings. The molecule has 0 unspecified atom stereocenters. The van der Waals surface area contributed by atoms with E-state index in [1.165, 1.54) is 6.21 Å². The van der Waals surface area contributed by atoms with Crippen LogP contribution in [0, 0.1) is 5.92 Å². The molecule has 1 rings (SSSR count). The minimum absolute atomic E-state index is 0.284. The van der Waals surface area contributed by atoms with Crippen molar-refractivity contribution in [2.75, 3.05) is 6.54 Å². The third-order valence-electron chi connectivity index (χ3n) is 2.11. The topological polar surface area (TPSA) is 70.6 Å². The zero-order chi connectivity index (χ0) is 14.3. The van der Waals surface area contributed by atoms with Gasteiger partial charge in [0.1, 0.15) is 0 Å². The number of nitrogens with one attached hydrogen (secondary N) is 2. The third kappa shape index (κ3) is 6.01. The molecule has 0 aliphatic rings. The van der Waals surface area contributed by atoms with Crippen molar-refractivity contribution in [2.45, 2.75) is 13.8 Å². The summed E-state index contributed by atoms with van der Waals surface area (Å²) < 4.78 is 0. The maximum atomic E-state index is 11.3. The fourth-order valence-corrected chi connectivity index (χ4v) is 1.38. The molecule has 5 nitrogen and oxygen atoms in total. The van der Waals surface area contributed by atoms with Crippen molar-refractivity contribution in [2.24, 2.45) is 11.0 Å². The average molecular weight is 282 g/mol. The van der Waals surface area contributed by atoms with Gasteiger partial charge >= 0.3 is 11.8 Å². The monoisotopic (exact) mass is 281 g/mol. The van der Waals surface area contributed by atoms with Gasteiger partial charge in [-0.2, -0.15) is 5.10 Å². The molecule has 0 radical (unpaired) electrons. The average Bonchev–Trinajstić information content (AvgIpc) is 2.35. The maximum absolute atomic E-state index is 11.3. The molecule has 0 aromatic heterocycles. The smallest absolute Gasteiger partial charge is 0.329 e. The van der Waals surface area contributed by atoms with Crippen molar-refractivity contribution >= 4 is 29.6 Å². The predicted octanol–water partition coefficient (Wildman–Crippen LogP) is 1.56. The van der Waals surface area contributed by atoms with Crippen LogP contribution in [-0.4, -0.2) is 24.6 Å². The van der Waals surface area contributed by atoms with Crippen molar-refractivity contribution in [1.82, 2.24) is 10.7 Å². The van der Waals surface area contributed by atoms with E-state index in [0.29, 0.717) is 11.6 Å². The summed E-state index contributed by atoms with van der Waals surface area (Å²) in [6.45, 7) is 4.33. The van der Waals surface area contributed by atoms with Gasteiger partial charge in [-0.15, -0.1) is 0 Å². The van der Waals surface area contributed by atoms with E-state index in [-0.39, 0.29) is 5.92 Å². The van der Waals surface area contributed by atoms with E-state index in [4.69, 9.17) is 11.6 Å². The van der Waals surface area contributed by atoms with Crippen molar-refractivity contribution in [3.63, 3.8) is 0 Å². The van der Waals surface area contributed by atoms with Gasteiger partial charge in [-0.1, -0.05) is 37.6 Å². The first-order valence-electron chi connectivity index (χ1n) is 5.86. The Kier molecular flexibility index (Phi) is 6.02. The fourth-order valence-electron chi connectivity index (χ4n) is 1.18. The zero-order valence-electron chi connectivity index (χ0n) is 10.8. The first-order valence-corrected chi connectivity index (χ1v) is 6.23. The van der Waals surface area contributed by atoms with Crippen LogP contribution in [0.15, 0.2) is 29.4 Å². The number of carbonyl (C=O) groups is 2. The van der Waals surface area contributed by atoms with Gasteiger partial charge in [0.15, 0.2) is 0 Å². The third-order valence-corrected chi connectivity index (χ3v) is 2.34. The van der Waals surface area contributed by atoms with Gasteiger partial charge in [0.05, 0.1) is 6.21 Å². The van der Waals surface area contributed by atoms with E-state index in [1.54, 1.807) is 24.3 Å². The Morgan fingerprint density at radius 3 is 2.74 bits per heavy atom. The zero-order valence-corrected chi connectivity index (χ0v) is 11.6. The number of hydrogen-bond donors (Lipinski definition) is 2. The van der Waals surface area contributed by atoms with Crippen LogP contribution in [0.25, 0.3) is 0 Å². The minimum atomic E-state index is -0.793. The molecule has 2 amide bonds. The Balaban J connectivity index is 2.43. The Labute approximate surface area is 117 Å². The standard InChI is InChI=1S/C13H16ClN3O2/c1-9(2)7-15-12(18)13(19)17-16-8-10-4-3-5-11(14)6-10/h3-6,8-9H,7H2,1-2H3,(H,15,18)(H,17,19)/b16-8-. The molecular formula is C13H16ClN3O2. The summed E-state index contributed by atoms with van der Waals surface area (Å²) in [7, 11) is 0. The van der Waals surface area contributed by atoms with Crippen LogP contribution in [0.2, 0.25) is 5.02 Å². The highest BCUT2D eigenvalue weighted by Gasteiger charge is 2.11. The highest BCUT2D eigenvalue weighted by Crippen LogP contribution is 2.08. The van der Waals surface area contributed by atoms with E-state index in [2.05, 4.69) is 15.8 Å². The fraction of sp³-hybridized carbons (Fsp3) is 0.308. The second-order valence-corrected chi connectivity index (χ2v) is 4.79. The SMILES string of the molecule is CC(C)CNC(=O)C(=O)N/N=C\c1cccc(Cl)c1. The summed E-state index contributed by atoms with van der Waals surface area (Å²) in [5, 5.41) is 6.75. The Hall–Kier alpha value is -1.88. The summed E-state index contributed by atoms with van der Waals surface area (Å²) in [5.41, 5.74) is 2.88. The predicted molar refractivity (Wildman–Crippen MR) is 75.0 cm³/mol. The van der Waals surface area contributed by atoms with E-state index >= 15 is 0 Å². The quantitative estimate of drug-likeness (QED) is 0.499.